The van der Waals surface area contributed by atoms with Crippen LogP contribution in [0.5, 0.6) is 5.75 Å². The van der Waals surface area contributed by atoms with E-state index in [4.69, 9.17) is 9.47 Å². The molecular weight excluding hydrogens is 358 g/mol. The molecule has 1 atom stereocenters. The summed E-state index contributed by atoms with van der Waals surface area (Å²) in [6.07, 6.45) is 0.242. The van der Waals surface area contributed by atoms with Crippen LogP contribution in [-0.4, -0.2) is 30.9 Å². The zero-order chi connectivity index (χ0) is 20.7. The molecule has 0 aliphatic rings. The van der Waals surface area contributed by atoms with E-state index < -0.39 is 12.1 Å². The lowest BCUT2D eigenvalue weighted by atomic mass is 10.1. The Bertz CT molecular complexity index is 858. The van der Waals surface area contributed by atoms with Crippen LogP contribution in [0.2, 0.25) is 0 Å². The van der Waals surface area contributed by atoms with E-state index >= 15 is 0 Å². The highest BCUT2D eigenvalue weighted by molar-refractivity contribution is 6.02. The van der Waals surface area contributed by atoms with Crippen molar-refractivity contribution in [2.75, 3.05) is 12.4 Å². The fraction of sp³-hybridized carbons (Fsp3) is 0.318. The maximum Gasteiger partial charge on any atom is 0.342 e. The average molecular weight is 383 g/mol. The minimum atomic E-state index is -0.960. The van der Waals surface area contributed by atoms with Gasteiger partial charge in [0.2, 0.25) is 11.7 Å². The molecule has 148 valence electrons. The van der Waals surface area contributed by atoms with E-state index in [1.807, 2.05) is 19.9 Å². The van der Waals surface area contributed by atoms with Crippen molar-refractivity contribution < 1.29 is 23.9 Å². The molecule has 0 bridgehead atoms. The third-order valence-electron chi connectivity index (χ3n) is 4.16. The van der Waals surface area contributed by atoms with Gasteiger partial charge in [-0.05, 0) is 56.7 Å². The van der Waals surface area contributed by atoms with Crippen LogP contribution < -0.4 is 10.1 Å². The first-order valence-corrected chi connectivity index (χ1v) is 9.15. The van der Waals surface area contributed by atoms with Crippen LogP contribution in [0.15, 0.2) is 42.5 Å². The lowest BCUT2D eigenvalue weighted by molar-refractivity contribution is -0.116. The highest BCUT2D eigenvalue weighted by atomic mass is 16.5. The maximum absolute atomic E-state index is 12.6. The Morgan fingerprint density at radius 1 is 1.07 bits per heavy atom. The van der Waals surface area contributed by atoms with Gasteiger partial charge in [-0.1, -0.05) is 18.6 Å². The molecule has 2 rings (SSSR count). The number of nitrogens with one attached hydrogen (secondary N) is 1. The van der Waals surface area contributed by atoms with Crippen LogP contribution in [0.1, 0.15) is 53.0 Å². The monoisotopic (exact) mass is 383 g/mol. The number of methoxy groups -OCH3 is 1. The topological polar surface area (TPSA) is 81.7 Å². The van der Waals surface area contributed by atoms with Gasteiger partial charge in [0.25, 0.3) is 0 Å². The molecular formula is C22H25NO5. The van der Waals surface area contributed by atoms with Gasteiger partial charge < -0.3 is 14.8 Å². The van der Waals surface area contributed by atoms with E-state index in [9.17, 15) is 14.4 Å². The van der Waals surface area contributed by atoms with E-state index in [1.54, 1.807) is 36.4 Å². The highest BCUT2D eigenvalue weighted by Gasteiger charge is 2.22. The summed E-state index contributed by atoms with van der Waals surface area (Å²) in [7, 11) is 1.47. The molecule has 0 radical (unpaired) electrons. The molecule has 0 aliphatic heterocycles. The Kier molecular flexibility index (Phi) is 7.32. The van der Waals surface area contributed by atoms with Crippen molar-refractivity contribution >= 4 is 23.3 Å². The summed E-state index contributed by atoms with van der Waals surface area (Å²) in [5.74, 6) is -0.630. The van der Waals surface area contributed by atoms with Gasteiger partial charge in [0.05, 0.1) is 7.11 Å². The number of benzene rings is 2. The van der Waals surface area contributed by atoms with Crippen LogP contribution in [0, 0.1) is 6.92 Å². The van der Waals surface area contributed by atoms with Crippen LogP contribution in [0.3, 0.4) is 0 Å². The largest absolute Gasteiger partial charge is 0.496 e. The first kappa shape index (κ1) is 21.2. The number of hydrogen-bond acceptors (Lipinski definition) is 5. The molecule has 2 aromatic rings. The Balaban J connectivity index is 2.05. The molecule has 0 spiro atoms. The number of Topliss-reactive ketones (excluding diaryl/α,β-unsaturated/α-hetero) is 1. The lowest BCUT2D eigenvalue weighted by Crippen LogP contribution is -2.24. The van der Waals surface area contributed by atoms with Gasteiger partial charge in [-0.2, -0.15) is 0 Å². The molecule has 2 aromatic carbocycles. The second-order valence-electron chi connectivity index (χ2n) is 6.49. The van der Waals surface area contributed by atoms with Crippen LogP contribution >= 0.6 is 0 Å². The summed E-state index contributed by atoms with van der Waals surface area (Å²) in [6.45, 7) is 5.31. The number of rotatable bonds is 8. The van der Waals surface area contributed by atoms with Crippen molar-refractivity contribution in [2.24, 2.45) is 0 Å². The van der Waals surface area contributed by atoms with Crippen molar-refractivity contribution in [2.45, 2.75) is 39.7 Å². The molecule has 0 saturated carbocycles. The van der Waals surface area contributed by atoms with Crippen molar-refractivity contribution in [3.05, 3.63) is 59.2 Å². The number of hydrogen-bond donors (Lipinski definition) is 1. The van der Waals surface area contributed by atoms with Crippen LogP contribution in [0.25, 0.3) is 0 Å². The molecule has 6 nitrogen and oxygen atoms in total. The van der Waals surface area contributed by atoms with E-state index in [0.29, 0.717) is 23.4 Å². The molecule has 1 amide bonds. The first-order chi connectivity index (χ1) is 13.3. The summed E-state index contributed by atoms with van der Waals surface area (Å²) in [5.41, 5.74) is 2.16. The first-order valence-electron chi connectivity index (χ1n) is 9.15. The van der Waals surface area contributed by atoms with Crippen molar-refractivity contribution in [3.8, 4) is 5.75 Å². The molecule has 0 aromatic heterocycles. The molecule has 0 heterocycles. The summed E-state index contributed by atoms with van der Waals surface area (Å²) in [6, 6.07) is 11.7. The molecule has 1 N–H and O–H groups in total. The number of carbonyl (C=O) groups excluding carboxylic acids is 3. The van der Waals surface area contributed by atoms with Crippen molar-refractivity contribution in [1.82, 2.24) is 0 Å². The van der Waals surface area contributed by atoms with Crippen LogP contribution in [-0.2, 0) is 9.53 Å². The summed E-state index contributed by atoms with van der Waals surface area (Å²) in [5, 5.41) is 2.76. The number of ether oxygens (including phenoxy) is 2. The Hall–Kier alpha value is -3.15. The van der Waals surface area contributed by atoms with Gasteiger partial charge in [-0.15, -0.1) is 0 Å². The Labute approximate surface area is 164 Å². The predicted molar refractivity (Wildman–Crippen MR) is 107 cm³/mol. The highest BCUT2D eigenvalue weighted by Crippen LogP contribution is 2.22. The Morgan fingerprint density at radius 3 is 2.36 bits per heavy atom. The smallest absolute Gasteiger partial charge is 0.342 e. The van der Waals surface area contributed by atoms with Crippen molar-refractivity contribution in [1.29, 1.82) is 0 Å². The van der Waals surface area contributed by atoms with Gasteiger partial charge in [-0.3, -0.25) is 9.59 Å². The van der Waals surface area contributed by atoms with E-state index in [-0.39, 0.29) is 17.3 Å². The fourth-order valence-electron chi connectivity index (χ4n) is 2.66. The van der Waals surface area contributed by atoms with E-state index in [1.165, 1.54) is 14.0 Å². The van der Waals surface area contributed by atoms with Gasteiger partial charge in [0.1, 0.15) is 11.3 Å². The number of amides is 1. The maximum atomic E-state index is 12.6. The van der Waals surface area contributed by atoms with Gasteiger partial charge >= 0.3 is 5.97 Å². The molecule has 6 heteroatoms. The number of ketones is 1. The van der Waals surface area contributed by atoms with Gasteiger partial charge in [0.15, 0.2) is 6.10 Å². The molecule has 0 aliphatic carbocycles. The second kappa shape index (κ2) is 9.69. The minimum Gasteiger partial charge on any atom is -0.496 e. The summed E-state index contributed by atoms with van der Waals surface area (Å²) in [4.78, 5) is 36.7. The summed E-state index contributed by atoms with van der Waals surface area (Å²) < 4.78 is 10.5. The predicted octanol–water partition coefficient (Wildman–Crippen LogP) is 4.17. The fourth-order valence-corrected chi connectivity index (χ4v) is 2.66. The van der Waals surface area contributed by atoms with Crippen LogP contribution in [0.4, 0.5) is 5.69 Å². The lowest BCUT2D eigenvalue weighted by Gasteiger charge is -2.14. The van der Waals surface area contributed by atoms with Crippen molar-refractivity contribution in [3.63, 3.8) is 0 Å². The third-order valence-corrected chi connectivity index (χ3v) is 4.16. The van der Waals surface area contributed by atoms with Gasteiger partial charge in [0, 0.05) is 17.7 Å². The van der Waals surface area contributed by atoms with Gasteiger partial charge in [-0.25, -0.2) is 4.79 Å². The van der Waals surface area contributed by atoms with E-state index in [2.05, 4.69) is 5.32 Å². The second-order valence-corrected chi connectivity index (χ2v) is 6.49. The standard InChI is InChI=1S/C22H25NO5/c1-5-6-20(24)23-17-10-8-16(9-11-17)21(25)15(3)28-22(26)18-13-14(2)7-12-19(18)27-4/h7-13,15H,5-6H2,1-4H3,(H,23,24)/t15-/m0/s1. The average Bonchev–Trinajstić information content (AvgIpc) is 2.68. The molecule has 0 saturated heterocycles. The zero-order valence-electron chi connectivity index (χ0n) is 16.6. The third kappa shape index (κ3) is 5.42. The Morgan fingerprint density at radius 2 is 1.75 bits per heavy atom. The minimum absolute atomic E-state index is 0.0732. The number of carbonyl (C=O) groups is 3. The molecule has 0 unspecified atom stereocenters. The number of aryl methyl sites for hydroxylation is 1. The summed E-state index contributed by atoms with van der Waals surface area (Å²) >= 11 is 0. The SMILES string of the molecule is CCCC(=O)Nc1ccc(C(=O)[C@H](C)OC(=O)c2cc(C)ccc2OC)cc1. The molecule has 28 heavy (non-hydrogen) atoms. The molecule has 0 fully saturated rings. The zero-order valence-corrected chi connectivity index (χ0v) is 16.6. The quantitative estimate of drug-likeness (QED) is 0.546. The van der Waals surface area contributed by atoms with E-state index in [0.717, 1.165) is 12.0 Å². The normalized spacial score (nSPS) is 11.4. The number of anilines is 1. The number of esters is 1.